The molecule has 0 radical (unpaired) electrons. The molecule has 12 heavy (non-hydrogen) atoms. The molecule has 0 amide bonds. The minimum Gasteiger partial charge on any atom is -0.462 e. The van der Waals surface area contributed by atoms with Gasteiger partial charge in [0.15, 0.2) is 0 Å². The van der Waals surface area contributed by atoms with Gasteiger partial charge in [0.25, 0.3) is 0 Å². The Kier molecular flexibility index (Phi) is 3.29. The average Bonchev–Trinajstić information content (AvgIpc) is 1.99. The van der Waals surface area contributed by atoms with Crippen LogP contribution in [0.15, 0.2) is 12.7 Å². The third kappa shape index (κ3) is 2.66. The van der Waals surface area contributed by atoms with Gasteiger partial charge in [-0.3, -0.25) is 4.79 Å². The van der Waals surface area contributed by atoms with Gasteiger partial charge in [-0.1, -0.05) is 6.08 Å². The molecule has 0 saturated carbocycles. The van der Waals surface area contributed by atoms with E-state index in [1.54, 1.807) is 6.08 Å². The van der Waals surface area contributed by atoms with E-state index in [4.69, 9.17) is 4.74 Å². The van der Waals surface area contributed by atoms with Crippen molar-refractivity contribution in [2.24, 2.45) is 0 Å². The summed E-state index contributed by atoms with van der Waals surface area (Å²) in [5.74, 6) is -0.289. The smallest absolute Gasteiger partial charge is 0.308 e. The molecule has 1 N–H and O–H groups in total. The number of aliphatic hydroxyl groups is 1. The van der Waals surface area contributed by atoms with Crippen LogP contribution in [0.5, 0.6) is 0 Å². The Bertz CT molecular complexity index is 177. The van der Waals surface area contributed by atoms with Crippen molar-refractivity contribution >= 4 is 5.97 Å². The first kappa shape index (κ1) is 9.26. The molecule has 0 aromatic rings. The predicted molar refractivity (Wildman–Crippen MR) is 44.6 cm³/mol. The van der Waals surface area contributed by atoms with Crippen LogP contribution < -0.4 is 0 Å². The van der Waals surface area contributed by atoms with E-state index in [0.717, 1.165) is 12.8 Å². The van der Waals surface area contributed by atoms with Gasteiger partial charge >= 0.3 is 5.97 Å². The van der Waals surface area contributed by atoms with E-state index in [2.05, 4.69) is 6.58 Å². The molecule has 0 aromatic carbocycles. The topological polar surface area (TPSA) is 46.5 Å². The first-order valence-electron chi connectivity index (χ1n) is 4.21. The maximum Gasteiger partial charge on any atom is 0.308 e. The van der Waals surface area contributed by atoms with Crippen LogP contribution in [0, 0.1) is 0 Å². The highest BCUT2D eigenvalue weighted by Crippen LogP contribution is 2.18. The average molecular weight is 170 g/mol. The Morgan fingerprint density at radius 2 is 2.50 bits per heavy atom. The molecular formula is C9H14O3. The first-order chi connectivity index (χ1) is 5.72. The molecular weight excluding hydrogens is 156 g/mol. The molecule has 68 valence electrons. The van der Waals surface area contributed by atoms with Gasteiger partial charge < -0.3 is 9.84 Å². The van der Waals surface area contributed by atoms with Crippen molar-refractivity contribution in [1.29, 1.82) is 0 Å². The number of esters is 1. The summed E-state index contributed by atoms with van der Waals surface area (Å²) in [5.41, 5.74) is 0. The summed E-state index contributed by atoms with van der Waals surface area (Å²) in [6.45, 7) is 3.58. The molecule has 1 rings (SSSR count). The molecule has 0 spiro atoms. The van der Waals surface area contributed by atoms with Gasteiger partial charge in [-0.05, 0) is 12.8 Å². The Labute approximate surface area is 72.0 Å². The first-order valence-corrected chi connectivity index (χ1v) is 4.21. The summed E-state index contributed by atoms with van der Waals surface area (Å²) in [5, 5.41) is 9.22. The lowest BCUT2D eigenvalue weighted by Gasteiger charge is -2.25. The fraction of sp³-hybridized carbons (Fsp3) is 0.667. The molecule has 0 aliphatic carbocycles. The van der Waals surface area contributed by atoms with E-state index < -0.39 is 6.10 Å². The van der Waals surface area contributed by atoms with E-state index in [1.165, 1.54) is 0 Å². The summed E-state index contributed by atoms with van der Waals surface area (Å²) < 4.78 is 5.01. The highest BCUT2D eigenvalue weighted by Gasteiger charge is 2.26. The summed E-state index contributed by atoms with van der Waals surface area (Å²) in [7, 11) is 0. The van der Waals surface area contributed by atoms with Gasteiger partial charge in [0.2, 0.25) is 0 Å². The molecule has 3 heteroatoms. The van der Waals surface area contributed by atoms with Gasteiger partial charge in [-0.25, -0.2) is 0 Å². The molecule has 1 fully saturated rings. The van der Waals surface area contributed by atoms with Crippen molar-refractivity contribution in [2.75, 3.05) is 0 Å². The highest BCUT2D eigenvalue weighted by atomic mass is 16.5. The number of aliphatic hydroxyl groups excluding tert-OH is 1. The van der Waals surface area contributed by atoms with Crippen LogP contribution in [0.2, 0.25) is 0 Å². The number of ether oxygens (including phenoxy) is 1. The van der Waals surface area contributed by atoms with Crippen LogP contribution in [0.1, 0.15) is 25.7 Å². The van der Waals surface area contributed by atoms with Crippen molar-refractivity contribution in [3.8, 4) is 0 Å². The maximum absolute atomic E-state index is 10.8. The molecule has 0 aromatic heterocycles. The molecule has 3 nitrogen and oxygen atoms in total. The normalized spacial score (nSPS) is 29.6. The summed E-state index contributed by atoms with van der Waals surface area (Å²) in [6.07, 6.45) is 3.47. The Hall–Kier alpha value is -0.830. The second-order valence-electron chi connectivity index (χ2n) is 3.07. The molecule has 1 saturated heterocycles. The van der Waals surface area contributed by atoms with Gasteiger partial charge in [0.05, 0.1) is 12.5 Å². The minimum absolute atomic E-state index is 0.112. The van der Waals surface area contributed by atoms with Crippen LogP contribution in [-0.4, -0.2) is 23.3 Å². The predicted octanol–water partition coefficient (Wildman–Crippen LogP) is 1.02. The summed E-state index contributed by atoms with van der Waals surface area (Å²) in [6, 6.07) is 0. The monoisotopic (exact) mass is 170 g/mol. The van der Waals surface area contributed by atoms with Crippen molar-refractivity contribution in [3.63, 3.8) is 0 Å². The zero-order chi connectivity index (χ0) is 8.97. The number of cyclic esters (lactones) is 1. The van der Waals surface area contributed by atoms with Gasteiger partial charge in [-0.15, -0.1) is 6.58 Å². The quantitative estimate of drug-likeness (QED) is 0.508. The molecule has 1 heterocycles. The number of carbonyl (C=O) groups excluding carboxylic acids is 1. The van der Waals surface area contributed by atoms with Crippen LogP contribution in [-0.2, 0) is 9.53 Å². The molecule has 0 bridgehead atoms. The van der Waals surface area contributed by atoms with Crippen LogP contribution >= 0.6 is 0 Å². The Balaban J connectivity index is 2.33. The zero-order valence-corrected chi connectivity index (χ0v) is 7.03. The standard InChI is InChI=1S/C9H14O3/c1-2-3-4-8-5-7(10)6-9(11)12-8/h2,7-8,10H,1,3-6H2. The number of hydrogen-bond acceptors (Lipinski definition) is 3. The van der Waals surface area contributed by atoms with E-state index in [-0.39, 0.29) is 18.5 Å². The number of allylic oxidation sites excluding steroid dienone is 1. The van der Waals surface area contributed by atoms with Crippen molar-refractivity contribution in [1.82, 2.24) is 0 Å². The summed E-state index contributed by atoms with van der Waals surface area (Å²) >= 11 is 0. The fourth-order valence-electron chi connectivity index (χ4n) is 1.34. The molecule has 1 aliphatic rings. The lowest BCUT2D eigenvalue weighted by atomic mass is 10.0. The largest absolute Gasteiger partial charge is 0.462 e. The fourth-order valence-corrected chi connectivity index (χ4v) is 1.34. The van der Waals surface area contributed by atoms with E-state index in [0.29, 0.717) is 6.42 Å². The van der Waals surface area contributed by atoms with Crippen LogP contribution in [0.3, 0.4) is 0 Å². The maximum atomic E-state index is 10.8. The van der Waals surface area contributed by atoms with Crippen molar-refractivity contribution in [2.45, 2.75) is 37.9 Å². The molecule has 2 unspecified atom stereocenters. The van der Waals surface area contributed by atoms with Crippen molar-refractivity contribution < 1.29 is 14.6 Å². The van der Waals surface area contributed by atoms with Crippen LogP contribution in [0.4, 0.5) is 0 Å². The lowest BCUT2D eigenvalue weighted by Crippen LogP contribution is -2.32. The number of rotatable bonds is 3. The zero-order valence-electron chi connectivity index (χ0n) is 7.03. The van der Waals surface area contributed by atoms with Crippen LogP contribution in [0.25, 0.3) is 0 Å². The van der Waals surface area contributed by atoms with E-state index >= 15 is 0 Å². The second-order valence-corrected chi connectivity index (χ2v) is 3.07. The van der Waals surface area contributed by atoms with Gasteiger partial charge in [0.1, 0.15) is 6.10 Å². The molecule has 2 atom stereocenters. The van der Waals surface area contributed by atoms with Gasteiger partial charge in [-0.2, -0.15) is 0 Å². The van der Waals surface area contributed by atoms with E-state index in [9.17, 15) is 9.90 Å². The highest BCUT2D eigenvalue weighted by molar-refractivity contribution is 5.70. The number of carbonyl (C=O) groups is 1. The summed E-state index contributed by atoms with van der Waals surface area (Å²) in [4.78, 5) is 10.8. The minimum atomic E-state index is -0.513. The third-order valence-corrected chi connectivity index (χ3v) is 1.93. The third-order valence-electron chi connectivity index (χ3n) is 1.93. The molecule has 1 aliphatic heterocycles. The van der Waals surface area contributed by atoms with Gasteiger partial charge in [0, 0.05) is 6.42 Å². The lowest BCUT2D eigenvalue weighted by molar-refractivity contribution is -0.160. The Morgan fingerprint density at radius 3 is 3.08 bits per heavy atom. The van der Waals surface area contributed by atoms with E-state index in [1.807, 2.05) is 0 Å². The SMILES string of the molecule is C=CCCC1CC(O)CC(=O)O1. The number of hydrogen-bond donors (Lipinski definition) is 1. The van der Waals surface area contributed by atoms with Crippen molar-refractivity contribution in [3.05, 3.63) is 12.7 Å². The Morgan fingerprint density at radius 1 is 1.75 bits per heavy atom. The second kappa shape index (κ2) is 4.26.